The van der Waals surface area contributed by atoms with Gasteiger partial charge in [0, 0.05) is 24.9 Å². The van der Waals surface area contributed by atoms with Gasteiger partial charge in [-0.3, -0.25) is 0 Å². The molecule has 0 saturated carbocycles. The van der Waals surface area contributed by atoms with Gasteiger partial charge in [-0.2, -0.15) is 4.31 Å². The van der Waals surface area contributed by atoms with E-state index in [1.54, 1.807) is 16.4 Å². The van der Waals surface area contributed by atoms with Crippen molar-refractivity contribution in [3.8, 4) is 0 Å². The number of ether oxygens (including phenoxy) is 1. The molecule has 1 aromatic rings. The van der Waals surface area contributed by atoms with E-state index in [0.717, 1.165) is 12.8 Å². The Morgan fingerprint density at radius 1 is 1.10 bits per heavy atom. The van der Waals surface area contributed by atoms with Gasteiger partial charge in [0.05, 0.1) is 22.3 Å². The Morgan fingerprint density at radius 3 is 2.33 bits per heavy atom. The average molecular weight is 348 g/mol. The number of hydrogen-bond donors (Lipinski definition) is 0. The van der Waals surface area contributed by atoms with Gasteiger partial charge in [-0.05, 0) is 25.0 Å². The van der Waals surface area contributed by atoms with E-state index in [-0.39, 0.29) is 27.1 Å². The number of nitrogens with zero attached hydrogens (tertiary/aromatic N) is 1. The van der Waals surface area contributed by atoms with Gasteiger partial charge in [0.1, 0.15) is 4.90 Å². The third-order valence-corrected chi connectivity index (χ3v) is 7.76. The van der Waals surface area contributed by atoms with Crippen molar-refractivity contribution in [2.75, 3.05) is 13.1 Å². The van der Waals surface area contributed by atoms with Crippen LogP contribution in [0.4, 0.5) is 0 Å². The standard InChI is InChI=1S/C14H15Cl2NO3S/c15-10-2-1-3-13(14(10)16)21(18,19)17-6-8-9(7-17)12-5-4-11(8)20-12/h1-3,8-9,11-12H,4-7H2/t8-,9+,11+,12-. The van der Waals surface area contributed by atoms with E-state index in [4.69, 9.17) is 27.9 Å². The molecule has 3 aliphatic heterocycles. The molecule has 0 aliphatic carbocycles. The van der Waals surface area contributed by atoms with Gasteiger partial charge in [-0.25, -0.2) is 8.42 Å². The number of benzene rings is 1. The molecule has 0 unspecified atom stereocenters. The summed E-state index contributed by atoms with van der Waals surface area (Å²) in [7, 11) is -3.59. The highest BCUT2D eigenvalue weighted by molar-refractivity contribution is 7.89. The number of rotatable bonds is 2. The topological polar surface area (TPSA) is 46.6 Å². The number of hydrogen-bond acceptors (Lipinski definition) is 3. The van der Waals surface area contributed by atoms with Crippen molar-refractivity contribution in [3.05, 3.63) is 28.2 Å². The minimum atomic E-state index is -3.59. The Morgan fingerprint density at radius 2 is 1.71 bits per heavy atom. The molecule has 3 aliphatic rings. The first-order chi connectivity index (χ1) is 9.98. The largest absolute Gasteiger partial charge is 0.374 e. The maximum atomic E-state index is 12.8. The van der Waals surface area contributed by atoms with Crippen molar-refractivity contribution in [1.29, 1.82) is 0 Å². The molecule has 21 heavy (non-hydrogen) atoms. The molecule has 0 aromatic heterocycles. The molecule has 4 atom stereocenters. The fraction of sp³-hybridized carbons (Fsp3) is 0.571. The van der Waals surface area contributed by atoms with Crippen LogP contribution in [0.5, 0.6) is 0 Å². The van der Waals surface area contributed by atoms with Crippen molar-refractivity contribution in [1.82, 2.24) is 4.31 Å². The maximum Gasteiger partial charge on any atom is 0.244 e. The van der Waals surface area contributed by atoms with Crippen molar-refractivity contribution in [3.63, 3.8) is 0 Å². The predicted molar refractivity (Wildman–Crippen MR) is 80.1 cm³/mol. The SMILES string of the molecule is O=S(=O)(c1cccc(Cl)c1Cl)N1C[C@@H]2[C@H](C1)[C@H]1CC[C@@H]2O1. The zero-order valence-corrected chi connectivity index (χ0v) is 13.5. The lowest BCUT2D eigenvalue weighted by Gasteiger charge is -2.19. The molecule has 4 nitrogen and oxygen atoms in total. The van der Waals surface area contributed by atoms with E-state index in [1.165, 1.54) is 6.07 Å². The van der Waals surface area contributed by atoms with Crippen LogP contribution in [-0.2, 0) is 14.8 Å². The monoisotopic (exact) mass is 347 g/mol. The second kappa shape index (κ2) is 4.83. The molecule has 3 fully saturated rings. The van der Waals surface area contributed by atoms with E-state index in [9.17, 15) is 8.42 Å². The molecular weight excluding hydrogens is 333 g/mol. The minimum Gasteiger partial charge on any atom is -0.374 e. The van der Waals surface area contributed by atoms with Gasteiger partial charge in [0.15, 0.2) is 0 Å². The van der Waals surface area contributed by atoms with Gasteiger partial charge in [-0.1, -0.05) is 29.3 Å². The first kappa shape index (κ1) is 14.3. The molecule has 2 bridgehead atoms. The van der Waals surface area contributed by atoms with Gasteiger partial charge in [-0.15, -0.1) is 0 Å². The van der Waals surface area contributed by atoms with E-state index in [2.05, 4.69) is 0 Å². The third-order valence-electron chi connectivity index (χ3n) is 4.95. The van der Waals surface area contributed by atoms with Crippen LogP contribution in [0.1, 0.15) is 12.8 Å². The van der Waals surface area contributed by atoms with Crippen molar-refractivity contribution in [2.24, 2.45) is 11.8 Å². The Labute approximate surface area is 134 Å². The summed E-state index contributed by atoms with van der Waals surface area (Å²) < 4.78 is 33.1. The quantitative estimate of drug-likeness (QED) is 0.826. The van der Waals surface area contributed by atoms with Crippen LogP contribution in [0.25, 0.3) is 0 Å². The summed E-state index contributed by atoms with van der Waals surface area (Å²) in [6.07, 6.45) is 2.57. The molecule has 0 spiro atoms. The maximum absolute atomic E-state index is 12.8. The predicted octanol–water partition coefficient (Wildman–Crippen LogP) is 2.79. The Bertz CT molecular complexity index is 675. The molecule has 3 saturated heterocycles. The highest BCUT2D eigenvalue weighted by atomic mass is 35.5. The van der Waals surface area contributed by atoms with Gasteiger partial charge < -0.3 is 4.74 Å². The summed E-state index contributed by atoms with van der Waals surface area (Å²) in [5.41, 5.74) is 0. The van der Waals surface area contributed by atoms with Crippen molar-refractivity contribution >= 4 is 33.2 Å². The summed E-state index contributed by atoms with van der Waals surface area (Å²) in [5.74, 6) is 0.660. The number of halogens is 2. The molecule has 1 aromatic carbocycles. The minimum absolute atomic E-state index is 0.102. The van der Waals surface area contributed by atoms with Crippen LogP contribution >= 0.6 is 23.2 Å². The normalized spacial score (nSPS) is 35.3. The zero-order chi connectivity index (χ0) is 14.8. The lowest BCUT2D eigenvalue weighted by molar-refractivity contribution is 0.0779. The molecule has 0 N–H and O–H groups in total. The van der Waals surface area contributed by atoms with Crippen LogP contribution in [-0.4, -0.2) is 38.0 Å². The molecule has 3 heterocycles. The molecule has 4 rings (SSSR count). The van der Waals surface area contributed by atoms with E-state index in [0.29, 0.717) is 24.9 Å². The molecular formula is C14H15Cl2NO3S. The van der Waals surface area contributed by atoms with Gasteiger partial charge in [0.2, 0.25) is 10.0 Å². The summed E-state index contributed by atoms with van der Waals surface area (Å²) >= 11 is 12.0. The van der Waals surface area contributed by atoms with Crippen LogP contribution in [0.15, 0.2) is 23.1 Å². The van der Waals surface area contributed by atoms with E-state index >= 15 is 0 Å². The summed E-state index contributed by atoms with van der Waals surface area (Å²) in [4.78, 5) is 0.102. The van der Waals surface area contributed by atoms with E-state index < -0.39 is 10.0 Å². The summed E-state index contributed by atoms with van der Waals surface area (Å²) in [6, 6.07) is 4.73. The summed E-state index contributed by atoms with van der Waals surface area (Å²) in [5, 5.41) is 0.371. The van der Waals surface area contributed by atoms with Gasteiger partial charge >= 0.3 is 0 Å². The lowest BCUT2D eigenvalue weighted by atomic mass is 9.82. The number of fused-ring (bicyclic) bond motifs is 5. The average Bonchev–Trinajstić information content (AvgIpc) is 3.12. The molecule has 114 valence electrons. The Balaban J connectivity index is 1.66. The Hall–Kier alpha value is -0.330. The van der Waals surface area contributed by atoms with Crippen molar-refractivity contribution in [2.45, 2.75) is 29.9 Å². The van der Waals surface area contributed by atoms with Crippen LogP contribution in [0, 0.1) is 11.8 Å². The second-order valence-electron chi connectivity index (χ2n) is 5.99. The second-order valence-corrected chi connectivity index (χ2v) is 8.68. The molecule has 7 heteroatoms. The first-order valence-corrected chi connectivity index (χ1v) is 9.27. The number of sulfonamides is 1. The molecule has 0 amide bonds. The smallest absolute Gasteiger partial charge is 0.244 e. The first-order valence-electron chi connectivity index (χ1n) is 7.08. The van der Waals surface area contributed by atoms with Gasteiger partial charge in [0.25, 0.3) is 0 Å². The third kappa shape index (κ3) is 2.05. The van der Waals surface area contributed by atoms with E-state index in [1.807, 2.05) is 0 Å². The van der Waals surface area contributed by atoms with Crippen molar-refractivity contribution < 1.29 is 13.2 Å². The van der Waals surface area contributed by atoms with Crippen LogP contribution in [0.2, 0.25) is 10.0 Å². The zero-order valence-electron chi connectivity index (χ0n) is 11.2. The van der Waals surface area contributed by atoms with Crippen LogP contribution in [0.3, 0.4) is 0 Å². The highest BCUT2D eigenvalue weighted by Crippen LogP contribution is 2.48. The van der Waals surface area contributed by atoms with Crippen LogP contribution < -0.4 is 0 Å². The fourth-order valence-electron chi connectivity index (χ4n) is 3.94. The fourth-order valence-corrected chi connectivity index (χ4v) is 6.19. The summed E-state index contributed by atoms with van der Waals surface area (Å²) in [6.45, 7) is 1.05. The molecule has 0 radical (unpaired) electrons. The highest BCUT2D eigenvalue weighted by Gasteiger charge is 2.55. The lowest BCUT2D eigenvalue weighted by Crippen LogP contribution is -2.31. The Kier molecular flexibility index (Phi) is 3.28.